The van der Waals surface area contributed by atoms with Crippen molar-refractivity contribution in [1.29, 1.82) is 0 Å². The molecule has 0 aromatic heterocycles. The molecule has 0 aliphatic heterocycles. The normalized spacial score (nSPS) is 17.0. The Morgan fingerprint density at radius 1 is 1.50 bits per heavy atom. The molecule has 0 amide bonds. The van der Waals surface area contributed by atoms with Gasteiger partial charge in [0, 0.05) is 19.6 Å². The van der Waals surface area contributed by atoms with Gasteiger partial charge >= 0.3 is 0 Å². The average molecular weight is 229 g/mol. The topological polar surface area (TPSA) is 71.1 Å². The molecule has 0 aromatic carbocycles. The number of nitrogens with zero attached hydrogens (tertiary/aromatic N) is 2. The van der Waals surface area contributed by atoms with Gasteiger partial charge in [-0.3, -0.25) is 0 Å². The lowest BCUT2D eigenvalue weighted by Gasteiger charge is -2.16. The molecule has 5 nitrogen and oxygen atoms in total. The van der Waals surface area contributed by atoms with Crippen LogP contribution in [0.15, 0.2) is 5.16 Å². The fourth-order valence-corrected chi connectivity index (χ4v) is 1.45. The number of rotatable bonds is 9. The highest BCUT2D eigenvalue weighted by atomic mass is 16.5. The van der Waals surface area contributed by atoms with Gasteiger partial charge in [0.2, 0.25) is 0 Å². The summed E-state index contributed by atoms with van der Waals surface area (Å²) >= 11 is 0. The van der Waals surface area contributed by atoms with Crippen molar-refractivity contribution < 1.29 is 9.94 Å². The number of likely N-dealkylation sites (N-methyl/N-ethyl adjacent to an activating group) is 1. The third-order valence-electron chi connectivity index (χ3n) is 2.77. The molecule has 1 aliphatic carbocycles. The van der Waals surface area contributed by atoms with Crippen LogP contribution in [0.4, 0.5) is 0 Å². The van der Waals surface area contributed by atoms with Crippen molar-refractivity contribution >= 4 is 5.84 Å². The van der Waals surface area contributed by atoms with Crippen LogP contribution in [0, 0.1) is 5.92 Å². The lowest BCUT2D eigenvalue weighted by Crippen LogP contribution is -2.25. The molecule has 5 heteroatoms. The highest BCUT2D eigenvalue weighted by Crippen LogP contribution is 2.28. The average Bonchev–Trinajstić information content (AvgIpc) is 3.08. The second-order valence-corrected chi connectivity index (χ2v) is 4.52. The van der Waals surface area contributed by atoms with Gasteiger partial charge in [-0.25, -0.2) is 0 Å². The molecule has 1 aliphatic rings. The summed E-state index contributed by atoms with van der Waals surface area (Å²) in [6, 6.07) is 0. The minimum atomic E-state index is 0.304. The van der Waals surface area contributed by atoms with Crippen LogP contribution in [-0.4, -0.2) is 49.3 Å². The van der Waals surface area contributed by atoms with E-state index < -0.39 is 0 Å². The van der Waals surface area contributed by atoms with Crippen LogP contribution in [0.2, 0.25) is 0 Å². The number of ether oxygens (including phenoxy) is 1. The van der Waals surface area contributed by atoms with E-state index in [0.717, 1.165) is 38.6 Å². The van der Waals surface area contributed by atoms with E-state index in [0.29, 0.717) is 12.3 Å². The van der Waals surface area contributed by atoms with E-state index in [-0.39, 0.29) is 0 Å². The van der Waals surface area contributed by atoms with Crippen molar-refractivity contribution in [2.75, 3.05) is 33.4 Å². The first-order valence-electron chi connectivity index (χ1n) is 5.95. The molecule has 0 heterocycles. The van der Waals surface area contributed by atoms with Gasteiger partial charge < -0.3 is 20.6 Å². The summed E-state index contributed by atoms with van der Waals surface area (Å²) in [6.45, 7) is 3.63. The van der Waals surface area contributed by atoms with Crippen LogP contribution < -0.4 is 5.73 Å². The summed E-state index contributed by atoms with van der Waals surface area (Å²) in [7, 11) is 2.06. The van der Waals surface area contributed by atoms with Crippen LogP contribution in [0.3, 0.4) is 0 Å². The highest BCUT2D eigenvalue weighted by molar-refractivity contribution is 5.79. The van der Waals surface area contributed by atoms with Crippen molar-refractivity contribution in [2.24, 2.45) is 16.8 Å². The Morgan fingerprint density at radius 2 is 2.25 bits per heavy atom. The van der Waals surface area contributed by atoms with Gasteiger partial charge in [0.15, 0.2) is 0 Å². The Kier molecular flexibility index (Phi) is 6.18. The van der Waals surface area contributed by atoms with Crippen LogP contribution in [0.25, 0.3) is 0 Å². The Hall–Kier alpha value is -0.810. The third kappa shape index (κ3) is 6.63. The monoisotopic (exact) mass is 229 g/mol. The zero-order valence-electron chi connectivity index (χ0n) is 10.1. The Balaban J connectivity index is 1.87. The fraction of sp³-hybridized carbons (Fsp3) is 0.909. The smallest absolute Gasteiger partial charge is 0.139 e. The van der Waals surface area contributed by atoms with Crippen molar-refractivity contribution in [3.63, 3.8) is 0 Å². The van der Waals surface area contributed by atoms with Crippen LogP contribution in [0.1, 0.15) is 25.7 Å². The summed E-state index contributed by atoms with van der Waals surface area (Å²) in [5, 5.41) is 11.3. The van der Waals surface area contributed by atoms with Gasteiger partial charge in [0.25, 0.3) is 0 Å². The predicted molar refractivity (Wildman–Crippen MR) is 63.7 cm³/mol. The molecule has 1 rings (SSSR count). The second-order valence-electron chi connectivity index (χ2n) is 4.52. The number of hydrogen-bond acceptors (Lipinski definition) is 4. The van der Waals surface area contributed by atoms with Gasteiger partial charge in [-0.2, -0.15) is 0 Å². The molecule has 0 bridgehead atoms. The van der Waals surface area contributed by atoms with Crippen molar-refractivity contribution in [1.82, 2.24) is 4.90 Å². The molecule has 0 atom stereocenters. The van der Waals surface area contributed by atoms with E-state index in [4.69, 9.17) is 15.7 Å². The number of nitrogens with two attached hydrogens (primary N) is 1. The summed E-state index contributed by atoms with van der Waals surface area (Å²) in [4.78, 5) is 2.21. The second kappa shape index (κ2) is 7.46. The largest absolute Gasteiger partial charge is 0.409 e. The SMILES string of the molecule is CN(CCCC(N)=NO)CCOCC1CC1. The molecule has 1 saturated carbocycles. The van der Waals surface area contributed by atoms with E-state index in [1.807, 2.05) is 0 Å². The predicted octanol–water partition coefficient (Wildman–Crippen LogP) is 0.871. The van der Waals surface area contributed by atoms with Crippen LogP contribution in [0.5, 0.6) is 0 Å². The van der Waals surface area contributed by atoms with E-state index in [1.165, 1.54) is 12.8 Å². The third-order valence-corrected chi connectivity index (χ3v) is 2.77. The molecular formula is C11H23N3O2. The highest BCUT2D eigenvalue weighted by Gasteiger charge is 2.20. The molecule has 1 fully saturated rings. The molecule has 0 saturated heterocycles. The van der Waals surface area contributed by atoms with E-state index in [2.05, 4.69) is 17.1 Å². The van der Waals surface area contributed by atoms with Gasteiger partial charge in [0.1, 0.15) is 5.84 Å². The molecular weight excluding hydrogens is 206 g/mol. The van der Waals surface area contributed by atoms with Crippen LogP contribution in [-0.2, 0) is 4.74 Å². The Labute approximate surface area is 97.2 Å². The molecule has 0 spiro atoms. The lowest BCUT2D eigenvalue weighted by molar-refractivity contribution is 0.103. The minimum Gasteiger partial charge on any atom is -0.409 e. The van der Waals surface area contributed by atoms with Crippen molar-refractivity contribution in [3.05, 3.63) is 0 Å². The quantitative estimate of drug-likeness (QED) is 0.202. The van der Waals surface area contributed by atoms with Crippen LogP contribution >= 0.6 is 0 Å². The van der Waals surface area contributed by atoms with Crippen molar-refractivity contribution in [3.8, 4) is 0 Å². The number of oxime groups is 1. The Morgan fingerprint density at radius 3 is 2.88 bits per heavy atom. The maximum atomic E-state index is 8.36. The summed E-state index contributed by atoms with van der Waals surface area (Å²) in [6.07, 6.45) is 4.24. The summed E-state index contributed by atoms with van der Waals surface area (Å²) < 4.78 is 5.55. The molecule has 0 radical (unpaired) electrons. The van der Waals surface area contributed by atoms with Gasteiger partial charge in [-0.15, -0.1) is 0 Å². The number of amidine groups is 1. The first kappa shape index (κ1) is 13.3. The van der Waals surface area contributed by atoms with E-state index in [9.17, 15) is 0 Å². The minimum absolute atomic E-state index is 0.304. The standard InChI is InChI=1S/C11H23N3O2/c1-14(6-2-3-11(12)13-15)7-8-16-9-10-4-5-10/h10,15H,2-9H2,1H3,(H2,12,13). The lowest BCUT2D eigenvalue weighted by atomic mass is 10.3. The Bertz CT molecular complexity index is 217. The van der Waals surface area contributed by atoms with Gasteiger partial charge in [-0.05, 0) is 38.8 Å². The molecule has 0 aromatic rings. The summed E-state index contributed by atoms with van der Waals surface area (Å²) in [5.41, 5.74) is 5.38. The van der Waals surface area contributed by atoms with E-state index in [1.54, 1.807) is 0 Å². The van der Waals surface area contributed by atoms with E-state index >= 15 is 0 Å². The molecule has 16 heavy (non-hydrogen) atoms. The maximum Gasteiger partial charge on any atom is 0.139 e. The molecule has 0 unspecified atom stereocenters. The van der Waals surface area contributed by atoms with Gasteiger partial charge in [0.05, 0.1) is 6.61 Å². The summed E-state index contributed by atoms with van der Waals surface area (Å²) in [5.74, 6) is 1.14. The first-order valence-corrected chi connectivity index (χ1v) is 5.95. The van der Waals surface area contributed by atoms with Gasteiger partial charge in [-0.1, -0.05) is 5.16 Å². The zero-order valence-corrected chi connectivity index (χ0v) is 10.1. The fourth-order valence-electron chi connectivity index (χ4n) is 1.45. The maximum absolute atomic E-state index is 8.36. The van der Waals surface area contributed by atoms with Crippen molar-refractivity contribution in [2.45, 2.75) is 25.7 Å². The molecule has 94 valence electrons. The first-order chi connectivity index (χ1) is 7.72. The number of hydrogen-bond donors (Lipinski definition) is 2. The molecule has 3 N–H and O–H groups in total. The zero-order chi connectivity index (χ0) is 11.8.